The Labute approximate surface area is 178 Å². The number of ether oxygens (including phenoxy) is 2. The van der Waals surface area contributed by atoms with Crippen LogP contribution in [0.25, 0.3) is 17.4 Å². The summed E-state index contributed by atoms with van der Waals surface area (Å²) in [6, 6.07) is 15.3. The lowest BCUT2D eigenvalue weighted by molar-refractivity contribution is -0.385. The quantitative estimate of drug-likeness (QED) is 0.226. The van der Waals surface area contributed by atoms with Gasteiger partial charge in [0, 0.05) is 27.7 Å². The fourth-order valence-electron chi connectivity index (χ4n) is 2.83. The molecule has 2 aromatic carbocycles. The Morgan fingerprint density at radius 2 is 1.83 bits per heavy atom. The first-order chi connectivity index (χ1) is 14.4. The second-order valence-electron chi connectivity index (χ2n) is 6.19. The molecule has 0 atom stereocenters. The van der Waals surface area contributed by atoms with Crippen LogP contribution in [0, 0.1) is 10.1 Å². The highest BCUT2D eigenvalue weighted by atomic mass is 79.9. The van der Waals surface area contributed by atoms with Crippen molar-refractivity contribution >= 4 is 39.6 Å². The van der Waals surface area contributed by atoms with Crippen molar-refractivity contribution < 1.29 is 23.6 Å². The maximum absolute atomic E-state index is 12.2. The Morgan fingerprint density at radius 1 is 1.10 bits per heavy atom. The summed E-state index contributed by atoms with van der Waals surface area (Å²) in [6.07, 6.45) is 1.45. The topological polar surface area (TPSA) is 104 Å². The lowest BCUT2D eigenvalue weighted by atomic mass is 10.2. The Morgan fingerprint density at radius 3 is 2.53 bits per heavy atom. The van der Waals surface area contributed by atoms with Crippen LogP contribution in [-0.4, -0.2) is 23.9 Å². The Bertz CT molecular complexity index is 1210. The van der Waals surface area contributed by atoms with Crippen LogP contribution in [0.1, 0.15) is 11.3 Å². The van der Waals surface area contributed by atoms with Gasteiger partial charge in [-0.1, -0.05) is 28.1 Å². The SMILES string of the molecule is COc1ccc(C2=N/C(=C/c3ccc(-c4ccc(Br)cc4)o3)C(=O)O2)cc1[N+](=O)[O-]. The molecule has 0 spiro atoms. The van der Waals surface area contributed by atoms with E-state index in [2.05, 4.69) is 20.9 Å². The number of carbonyl (C=O) groups excluding carboxylic acids is 1. The third-order valence-corrected chi connectivity index (χ3v) is 4.81. The van der Waals surface area contributed by atoms with Gasteiger partial charge in [-0.3, -0.25) is 10.1 Å². The zero-order chi connectivity index (χ0) is 21.3. The van der Waals surface area contributed by atoms with Crippen LogP contribution in [0.4, 0.5) is 5.69 Å². The molecule has 0 bridgehead atoms. The molecule has 8 nitrogen and oxygen atoms in total. The van der Waals surface area contributed by atoms with Crippen LogP contribution >= 0.6 is 15.9 Å². The number of nitrogens with zero attached hydrogens (tertiary/aromatic N) is 2. The molecule has 1 aromatic heterocycles. The van der Waals surface area contributed by atoms with Gasteiger partial charge in [0.05, 0.1) is 12.0 Å². The highest BCUT2D eigenvalue weighted by Gasteiger charge is 2.27. The van der Waals surface area contributed by atoms with Gasteiger partial charge in [0.1, 0.15) is 11.5 Å². The monoisotopic (exact) mass is 468 g/mol. The van der Waals surface area contributed by atoms with Crippen LogP contribution in [0.15, 0.2) is 74.2 Å². The van der Waals surface area contributed by atoms with Gasteiger partial charge < -0.3 is 13.9 Å². The molecule has 0 aliphatic carbocycles. The highest BCUT2D eigenvalue weighted by Crippen LogP contribution is 2.30. The van der Waals surface area contributed by atoms with Crippen LogP contribution in [-0.2, 0) is 9.53 Å². The average Bonchev–Trinajstić information content (AvgIpc) is 3.35. The molecular weight excluding hydrogens is 456 g/mol. The molecule has 0 unspecified atom stereocenters. The van der Waals surface area contributed by atoms with Crippen molar-refractivity contribution in [2.24, 2.45) is 4.99 Å². The molecule has 150 valence electrons. The lowest BCUT2D eigenvalue weighted by Crippen LogP contribution is -2.06. The fraction of sp³-hybridized carbons (Fsp3) is 0.0476. The summed E-state index contributed by atoms with van der Waals surface area (Å²) in [7, 11) is 1.34. The van der Waals surface area contributed by atoms with E-state index in [0.29, 0.717) is 11.5 Å². The smallest absolute Gasteiger partial charge is 0.363 e. The molecule has 0 saturated carbocycles. The lowest BCUT2D eigenvalue weighted by Gasteiger charge is -2.03. The Kier molecular flexibility index (Phi) is 5.20. The normalized spacial score (nSPS) is 14.5. The van der Waals surface area contributed by atoms with Gasteiger partial charge in [-0.25, -0.2) is 9.79 Å². The van der Waals surface area contributed by atoms with Crippen molar-refractivity contribution in [2.75, 3.05) is 7.11 Å². The first-order valence-electron chi connectivity index (χ1n) is 8.66. The number of nitro groups is 1. The molecular formula is C21H13BrN2O6. The number of cyclic esters (lactones) is 1. The van der Waals surface area contributed by atoms with Gasteiger partial charge in [-0.15, -0.1) is 0 Å². The molecule has 30 heavy (non-hydrogen) atoms. The zero-order valence-corrected chi connectivity index (χ0v) is 17.1. The summed E-state index contributed by atoms with van der Waals surface area (Å²) >= 11 is 3.38. The van der Waals surface area contributed by atoms with Crippen molar-refractivity contribution in [3.8, 4) is 17.1 Å². The first-order valence-corrected chi connectivity index (χ1v) is 9.45. The van der Waals surface area contributed by atoms with E-state index >= 15 is 0 Å². The van der Waals surface area contributed by atoms with Crippen molar-refractivity contribution in [1.82, 2.24) is 0 Å². The fourth-order valence-corrected chi connectivity index (χ4v) is 3.10. The van der Waals surface area contributed by atoms with E-state index in [-0.39, 0.29) is 28.6 Å². The molecule has 2 heterocycles. The second kappa shape index (κ2) is 7.96. The Hall–Kier alpha value is -3.72. The predicted molar refractivity (Wildman–Crippen MR) is 112 cm³/mol. The van der Waals surface area contributed by atoms with Crippen LogP contribution in [0.5, 0.6) is 5.75 Å². The largest absolute Gasteiger partial charge is 0.490 e. The van der Waals surface area contributed by atoms with E-state index in [0.717, 1.165) is 10.0 Å². The van der Waals surface area contributed by atoms with Crippen LogP contribution in [0.3, 0.4) is 0 Å². The number of methoxy groups -OCH3 is 1. The molecule has 3 aromatic rings. The molecule has 0 N–H and O–H groups in total. The number of rotatable bonds is 5. The summed E-state index contributed by atoms with van der Waals surface area (Å²) in [5.74, 6) is 0.448. The minimum Gasteiger partial charge on any atom is -0.490 e. The highest BCUT2D eigenvalue weighted by molar-refractivity contribution is 9.10. The minimum absolute atomic E-state index is 0.0279. The number of hydrogen-bond acceptors (Lipinski definition) is 7. The summed E-state index contributed by atoms with van der Waals surface area (Å²) in [4.78, 5) is 27.0. The zero-order valence-electron chi connectivity index (χ0n) is 15.5. The second-order valence-corrected chi connectivity index (χ2v) is 7.10. The number of benzene rings is 2. The maximum atomic E-state index is 12.2. The number of aliphatic imine (C=N–C) groups is 1. The number of carbonyl (C=O) groups is 1. The summed E-state index contributed by atoms with van der Waals surface area (Å²) in [5, 5.41) is 11.2. The van der Waals surface area contributed by atoms with Gasteiger partial charge in [0.2, 0.25) is 5.90 Å². The van der Waals surface area contributed by atoms with Crippen molar-refractivity contribution in [3.05, 3.63) is 86.2 Å². The molecule has 0 saturated heterocycles. The Balaban J connectivity index is 1.63. The van der Waals surface area contributed by atoms with Gasteiger partial charge in [0.15, 0.2) is 11.4 Å². The van der Waals surface area contributed by atoms with Crippen molar-refractivity contribution in [3.63, 3.8) is 0 Å². The number of furan rings is 1. The average molecular weight is 469 g/mol. The van der Waals surface area contributed by atoms with Crippen molar-refractivity contribution in [1.29, 1.82) is 0 Å². The summed E-state index contributed by atoms with van der Waals surface area (Å²) in [5.41, 5.74) is 0.942. The van der Waals surface area contributed by atoms with Gasteiger partial charge in [-0.05, 0) is 36.4 Å². The molecule has 1 aliphatic heterocycles. The van der Waals surface area contributed by atoms with E-state index in [1.807, 2.05) is 24.3 Å². The molecule has 0 amide bonds. The van der Waals surface area contributed by atoms with Gasteiger partial charge in [-0.2, -0.15) is 0 Å². The molecule has 9 heteroatoms. The number of halogens is 1. The molecule has 0 radical (unpaired) electrons. The predicted octanol–water partition coefficient (Wildman–Crippen LogP) is 4.97. The standard InChI is InChI=1S/C21H13BrN2O6/c1-28-19-8-4-13(10-17(19)24(26)27)20-23-16(21(25)30-20)11-15-7-9-18(29-15)12-2-5-14(22)6-3-12/h2-11H,1H3/b16-11+. The minimum atomic E-state index is -0.676. The third kappa shape index (κ3) is 3.87. The van der Waals surface area contributed by atoms with Crippen molar-refractivity contribution in [2.45, 2.75) is 0 Å². The van der Waals surface area contributed by atoms with E-state index in [9.17, 15) is 14.9 Å². The van der Waals surface area contributed by atoms with Gasteiger partial charge in [0.25, 0.3) is 0 Å². The van der Waals surface area contributed by atoms with E-state index < -0.39 is 10.9 Å². The number of hydrogen-bond donors (Lipinski definition) is 0. The molecule has 4 rings (SSSR count). The van der Waals surface area contributed by atoms with E-state index in [1.54, 1.807) is 12.1 Å². The third-order valence-electron chi connectivity index (χ3n) is 4.28. The van der Waals surface area contributed by atoms with Crippen LogP contribution < -0.4 is 4.74 Å². The number of esters is 1. The van der Waals surface area contributed by atoms with Crippen LogP contribution in [0.2, 0.25) is 0 Å². The van der Waals surface area contributed by atoms with E-state index in [1.165, 1.54) is 31.4 Å². The summed E-state index contributed by atoms with van der Waals surface area (Å²) < 4.78 is 16.9. The number of nitro benzene ring substituents is 1. The molecule has 0 fully saturated rings. The maximum Gasteiger partial charge on any atom is 0.363 e. The summed E-state index contributed by atoms with van der Waals surface area (Å²) in [6.45, 7) is 0. The van der Waals surface area contributed by atoms with E-state index in [4.69, 9.17) is 13.9 Å². The first kappa shape index (κ1) is 19.6. The van der Waals surface area contributed by atoms with Gasteiger partial charge >= 0.3 is 11.7 Å². The molecule has 1 aliphatic rings.